The lowest BCUT2D eigenvalue weighted by molar-refractivity contribution is 0.0698. The Hall–Kier alpha value is -1.78. The molecule has 1 aliphatic heterocycles. The molecular weight excluding hydrogens is 242 g/mol. The molecule has 1 aromatic rings. The largest absolute Gasteiger partial charge is 0.478 e. The van der Waals surface area contributed by atoms with Crippen LogP contribution < -0.4 is 10.6 Å². The van der Waals surface area contributed by atoms with Gasteiger partial charge in [-0.25, -0.2) is 9.78 Å². The monoisotopic (exact) mass is 263 g/mol. The summed E-state index contributed by atoms with van der Waals surface area (Å²) in [5.74, 6) is -0.260. The van der Waals surface area contributed by atoms with Crippen molar-refractivity contribution in [3.8, 4) is 0 Å². The van der Waals surface area contributed by atoms with Gasteiger partial charge in [-0.1, -0.05) is 19.8 Å². The molecule has 104 valence electrons. The minimum atomic E-state index is -0.996. The maximum absolute atomic E-state index is 11.1. The number of rotatable bonds is 3. The summed E-state index contributed by atoms with van der Waals surface area (Å²) in [5, 5.41) is 9.14. The quantitative estimate of drug-likeness (QED) is 0.876. The Kier molecular flexibility index (Phi) is 4.24. The lowest BCUT2D eigenvalue weighted by Crippen LogP contribution is -2.35. The van der Waals surface area contributed by atoms with Gasteiger partial charge in [0.25, 0.3) is 0 Å². The molecule has 1 saturated heterocycles. The molecule has 0 aromatic carbocycles. The van der Waals surface area contributed by atoms with E-state index in [1.165, 1.54) is 19.0 Å². The summed E-state index contributed by atoms with van der Waals surface area (Å²) < 4.78 is 0. The second-order valence-electron chi connectivity index (χ2n) is 5.04. The topological polar surface area (TPSA) is 79.5 Å². The zero-order valence-electron chi connectivity index (χ0n) is 11.3. The zero-order valence-corrected chi connectivity index (χ0v) is 11.3. The van der Waals surface area contributed by atoms with E-state index < -0.39 is 5.97 Å². The van der Waals surface area contributed by atoms with Gasteiger partial charge in [-0.15, -0.1) is 0 Å². The highest BCUT2D eigenvalue weighted by atomic mass is 16.4. The van der Waals surface area contributed by atoms with E-state index in [-0.39, 0.29) is 11.3 Å². The highest BCUT2D eigenvalue weighted by molar-refractivity contribution is 5.94. The Morgan fingerprint density at radius 1 is 1.53 bits per heavy atom. The van der Waals surface area contributed by atoms with Crippen molar-refractivity contribution in [3.63, 3.8) is 0 Å². The number of hydrogen-bond donors (Lipinski definition) is 2. The summed E-state index contributed by atoms with van der Waals surface area (Å²) >= 11 is 0. The second kappa shape index (κ2) is 5.91. The van der Waals surface area contributed by atoms with Crippen LogP contribution in [-0.2, 0) is 0 Å². The van der Waals surface area contributed by atoms with Gasteiger partial charge < -0.3 is 15.7 Å². The van der Waals surface area contributed by atoms with Crippen LogP contribution in [0.4, 0.5) is 11.5 Å². The molecule has 0 saturated carbocycles. The standard InChI is InChI=1S/C14H21N3O2/c1-2-10-6-4-3-5-7-17(10)13-8-11(14(18)19)12(15)9-16-13/h8-10H,2-7,15H2,1H3,(H,18,19). The normalized spacial score (nSPS) is 20.1. The van der Waals surface area contributed by atoms with Crippen molar-refractivity contribution in [2.75, 3.05) is 17.2 Å². The molecule has 3 N–H and O–H groups in total. The van der Waals surface area contributed by atoms with Crippen LogP contribution in [0.2, 0.25) is 0 Å². The molecule has 1 aliphatic rings. The van der Waals surface area contributed by atoms with Gasteiger partial charge in [0.15, 0.2) is 0 Å². The molecule has 0 aliphatic carbocycles. The van der Waals surface area contributed by atoms with Gasteiger partial charge in [0.05, 0.1) is 17.4 Å². The van der Waals surface area contributed by atoms with Crippen molar-refractivity contribution >= 4 is 17.5 Å². The molecule has 19 heavy (non-hydrogen) atoms. The minimum absolute atomic E-state index is 0.143. The molecular formula is C14H21N3O2. The number of carboxylic acids is 1. The maximum atomic E-state index is 11.1. The molecule has 5 heteroatoms. The van der Waals surface area contributed by atoms with E-state index in [0.29, 0.717) is 6.04 Å². The summed E-state index contributed by atoms with van der Waals surface area (Å²) in [6.45, 7) is 3.10. The molecule has 1 unspecified atom stereocenters. The van der Waals surface area contributed by atoms with E-state index in [1.807, 2.05) is 0 Å². The van der Waals surface area contributed by atoms with Gasteiger partial charge in [-0.2, -0.15) is 0 Å². The fourth-order valence-corrected chi connectivity index (χ4v) is 2.70. The van der Waals surface area contributed by atoms with Crippen LogP contribution in [0.25, 0.3) is 0 Å². The Morgan fingerprint density at radius 2 is 2.32 bits per heavy atom. The molecule has 2 rings (SSSR count). The Labute approximate surface area is 113 Å². The van der Waals surface area contributed by atoms with Gasteiger partial charge in [-0.3, -0.25) is 0 Å². The van der Waals surface area contributed by atoms with E-state index in [9.17, 15) is 4.79 Å². The van der Waals surface area contributed by atoms with E-state index in [4.69, 9.17) is 10.8 Å². The molecule has 0 spiro atoms. The van der Waals surface area contributed by atoms with Crippen LogP contribution >= 0.6 is 0 Å². The van der Waals surface area contributed by atoms with Crippen molar-refractivity contribution in [2.45, 2.75) is 45.1 Å². The zero-order chi connectivity index (χ0) is 13.8. The number of aromatic nitrogens is 1. The average molecular weight is 263 g/mol. The first-order valence-corrected chi connectivity index (χ1v) is 6.89. The van der Waals surface area contributed by atoms with E-state index >= 15 is 0 Å². The van der Waals surface area contributed by atoms with Crippen LogP contribution in [0.15, 0.2) is 12.3 Å². The maximum Gasteiger partial charge on any atom is 0.337 e. The Bertz CT molecular complexity index is 462. The van der Waals surface area contributed by atoms with E-state index in [0.717, 1.165) is 31.6 Å². The van der Waals surface area contributed by atoms with Crippen molar-refractivity contribution < 1.29 is 9.90 Å². The lowest BCUT2D eigenvalue weighted by atomic mass is 10.1. The summed E-state index contributed by atoms with van der Waals surface area (Å²) in [4.78, 5) is 17.7. The first kappa shape index (κ1) is 13.6. The van der Waals surface area contributed by atoms with Crippen LogP contribution in [0, 0.1) is 0 Å². The average Bonchev–Trinajstić information content (AvgIpc) is 2.64. The summed E-state index contributed by atoms with van der Waals surface area (Å²) in [5.41, 5.74) is 6.02. The van der Waals surface area contributed by atoms with Gasteiger partial charge >= 0.3 is 5.97 Å². The van der Waals surface area contributed by atoms with Crippen molar-refractivity contribution in [3.05, 3.63) is 17.8 Å². The fourth-order valence-electron chi connectivity index (χ4n) is 2.70. The third-order valence-electron chi connectivity index (χ3n) is 3.79. The molecule has 5 nitrogen and oxygen atoms in total. The molecule has 0 bridgehead atoms. The van der Waals surface area contributed by atoms with Crippen molar-refractivity contribution in [2.24, 2.45) is 0 Å². The van der Waals surface area contributed by atoms with Gasteiger partial charge in [-0.05, 0) is 25.3 Å². The van der Waals surface area contributed by atoms with E-state index in [2.05, 4.69) is 16.8 Å². The molecule has 1 fully saturated rings. The highest BCUT2D eigenvalue weighted by Gasteiger charge is 2.22. The smallest absolute Gasteiger partial charge is 0.337 e. The number of carboxylic acid groups (broad SMARTS) is 1. The number of pyridine rings is 1. The second-order valence-corrected chi connectivity index (χ2v) is 5.04. The first-order valence-electron chi connectivity index (χ1n) is 6.89. The summed E-state index contributed by atoms with van der Waals surface area (Å²) in [7, 11) is 0. The van der Waals surface area contributed by atoms with Crippen LogP contribution in [-0.4, -0.2) is 28.6 Å². The molecule has 0 radical (unpaired) electrons. The predicted molar refractivity (Wildman–Crippen MR) is 75.5 cm³/mol. The third kappa shape index (κ3) is 2.97. The number of aromatic carboxylic acids is 1. The number of nitrogen functional groups attached to an aromatic ring is 1. The van der Waals surface area contributed by atoms with Gasteiger partial charge in [0.1, 0.15) is 5.82 Å². The number of carbonyl (C=O) groups is 1. The lowest BCUT2D eigenvalue weighted by Gasteiger charge is -2.30. The summed E-state index contributed by atoms with van der Waals surface area (Å²) in [6, 6.07) is 2.05. The SMILES string of the molecule is CCC1CCCCCN1c1cc(C(=O)O)c(N)cn1. The molecule has 1 aromatic heterocycles. The Balaban J connectivity index is 2.33. The van der Waals surface area contributed by atoms with Gasteiger partial charge in [0, 0.05) is 12.6 Å². The summed E-state index contributed by atoms with van der Waals surface area (Å²) in [6.07, 6.45) is 7.24. The first-order chi connectivity index (χ1) is 9.13. The Morgan fingerprint density at radius 3 is 3.00 bits per heavy atom. The van der Waals surface area contributed by atoms with E-state index in [1.54, 1.807) is 6.07 Å². The van der Waals surface area contributed by atoms with Crippen molar-refractivity contribution in [1.82, 2.24) is 4.98 Å². The van der Waals surface area contributed by atoms with Crippen molar-refractivity contribution in [1.29, 1.82) is 0 Å². The predicted octanol–water partition coefficient (Wildman–Crippen LogP) is 2.52. The van der Waals surface area contributed by atoms with Gasteiger partial charge in [0.2, 0.25) is 0 Å². The highest BCUT2D eigenvalue weighted by Crippen LogP contribution is 2.26. The number of anilines is 2. The molecule has 2 heterocycles. The fraction of sp³-hybridized carbons (Fsp3) is 0.571. The van der Waals surface area contributed by atoms with Crippen LogP contribution in [0.3, 0.4) is 0 Å². The van der Waals surface area contributed by atoms with Crippen LogP contribution in [0.1, 0.15) is 49.4 Å². The van der Waals surface area contributed by atoms with Crippen LogP contribution in [0.5, 0.6) is 0 Å². The number of hydrogen-bond acceptors (Lipinski definition) is 4. The third-order valence-corrected chi connectivity index (χ3v) is 3.79. The number of nitrogens with zero attached hydrogens (tertiary/aromatic N) is 2. The minimum Gasteiger partial charge on any atom is -0.478 e. The molecule has 1 atom stereocenters. The molecule has 0 amide bonds. The number of nitrogens with two attached hydrogens (primary N) is 1.